The van der Waals surface area contributed by atoms with Crippen molar-refractivity contribution in [1.82, 2.24) is 0 Å². The molecule has 0 radical (unpaired) electrons. The van der Waals surface area contributed by atoms with E-state index in [1.165, 1.54) is 13.2 Å². The molecule has 39 heavy (non-hydrogen) atoms. The van der Waals surface area contributed by atoms with Crippen molar-refractivity contribution in [3.8, 4) is 0 Å². The van der Waals surface area contributed by atoms with Crippen LogP contribution in [0.4, 0.5) is 0 Å². The van der Waals surface area contributed by atoms with Crippen molar-refractivity contribution in [1.29, 1.82) is 0 Å². The zero-order valence-electron chi connectivity index (χ0n) is 24.3. The fourth-order valence-electron chi connectivity index (χ4n) is 8.72. The van der Waals surface area contributed by atoms with Crippen LogP contribution in [0.15, 0.2) is 22.8 Å². The molecule has 214 valence electrons. The van der Waals surface area contributed by atoms with Gasteiger partial charge in [-0.05, 0) is 50.2 Å². The number of esters is 1. The molecule has 0 spiro atoms. The number of hydrogen-bond acceptors (Lipinski definition) is 8. The maximum atomic E-state index is 14.1. The third-order valence-electron chi connectivity index (χ3n) is 11.3. The molecule has 2 N–H and O–H groups in total. The number of rotatable bonds is 5. The van der Waals surface area contributed by atoms with Crippen molar-refractivity contribution < 1.29 is 38.9 Å². The highest BCUT2D eigenvalue weighted by Crippen LogP contribution is 2.70. The fourth-order valence-corrected chi connectivity index (χ4v) is 8.72. The molecule has 8 heteroatoms. The SMILES string of the molecule is COC(=O)[C@H](C)CC(=O)/C=C(\C)[C@H]1CC(=O)[C@@]2(C)C3=C(C(=O)[C@@H](O)[C@]12C)[C@@]1(C)CCC(=O)C(C)(C)[C@@H]1C[C@@H]3O. The molecule has 2 fully saturated rings. The normalized spacial score (nSPS) is 40.6. The van der Waals surface area contributed by atoms with E-state index in [0.717, 1.165) is 0 Å². The first kappa shape index (κ1) is 29.5. The minimum atomic E-state index is -1.53. The monoisotopic (exact) mass is 542 g/mol. The van der Waals surface area contributed by atoms with Gasteiger partial charge in [-0.2, -0.15) is 0 Å². The summed E-state index contributed by atoms with van der Waals surface area (Å²) in [5.74, 6) is -2.98. The molecule has 0 aliphatic heterocycles. The average Bonchev–Trinajstić information content (AvgIpc) is 3.07. The smallest absolute Gasteiger partial charge is 0.308 e. The molecule has 0 saturated heterocycles. The highest BCUT2D eigenvalue weighted by atomic mass is 16.5. The van der Waals surface area contributed by atoms with E-state index in [2.05, 4.69) is 0 Å². The second kappa shape index (κ2) is 9.30. The molecule has 2 saturated carbocycles. The molecule has 4 aliphatic carbocycles. The predicted molar refractivity (Wildman–Crippen MR) is 142 cm³/mol. The maximum Gasteiger partial charge on any atom is 0.308 e. The van der Waals surface area contributed by atoms with Crippen molar-refractivity contribution in [3.63, 3.8) is 0 Å². The van der Waals surface area contributed by atoms with Crippen LogP contribution in [0.25, 0.3) is 0 Å². The third-order valence-corrected chi connectivity index (χ3v) is 11.3. The first-order valence-corrected chi connectivity index (χ1v) is 13.9. The molecular weight excluding hydrogens is 500 g/mol. The van der Waals surface area contributed by atoms with Crippen LogP contribution in [0.3, 0.4) is 0 Å². The third kappa shape index (κ3) is 3.80. The largest absolute Gasteiger partial charge is 0.469 e. The number of carbonyl (C=O) groups excluding carboxylic acids is 5. The van der Waals surface area contributed by atoms with E-state index in [-0.39, 0.29) is 49.0 Å². The molecule has 0 aromatic carbocycles. The Balaban J connectivity index is 1.83. The lowest BCUT2D eigenvalue weighted by molar-refractivity contribution is -0.156. The van der Waals surface area contributed by atoms with E-state index in [9.17, 15) is 34.2 Å². The van der Waals surface area contributed by atoms with Crippen LogP contribution in [0.2, 0.25) is 0 Å². The summed E-state index contributed by atoms with van der Waals surface area (Å²) >= 11 is 0. The van der Waals surface area contributed by atoms with Gasteiger partial charge in [-0.15, -0.1) is 0 Å². The molecule has 0 heterocycles. The Morgan fingerprint density at radius 2 is 1.69 bits per heavy atom. The van der Waals surface area contributed by atoms with Gasteiger partial charge in [0, 0.05) is 41.1 Å². The number of aliphatic hydroxyl groups excluding tert-OH is 2. The van der Waals surface area contributed by atoms with Crippen LogP contribution < -0.4 is 0 Å². The quantitative estimate of drug-likeness (QED) is 0.399. The van der Waals surface area contributed by atoms with Gasteiger partial charge in [0.1, 0.15) is 17.7 Å². The Labute approximate surface area is 230 Å². The van der Waals surface area contributed by atoms with Crippen LogP contribution in [0.1, 0.15) is 80.6 Å². The summed E-state index contributed by atoms with van der Waals surface area (Å²) in [5.41, 5.74) is -2.91. The first-order valence-electron chi connectivity index (χ1n) is 13.9. The van der Waals surface area contributed by atoms with Gasteiger partial charge < -0.3 is 14.9 Å². The number of aliphatic hydroxyl groups is 2. The van der Waals surface area contributed by atoms with E-state index in [4.69, 9.17) is 4.74 Å². The Morgan fingerprint density at radius 1 is 1.08 bits per heavy atom. The lowest BCUT2D eigenvalue weighted by atomic mass is 9.42. The minimum absolute atomic E-state index is 0.00707. The van der Waals surface area contributed by atoms with Gasteiger partial charge in [0.15, 0.2) is 11.6 Å². The number of methoxy groups -OCH3 is 1. The molecule has 8 nitrogen and oxygen atoms in total. The van der Waals surface area contributed by atoms with E-state index < -0.39 is 57.5 Å². The van der Waals surface area contributed by atoms with E-state index in [0.29, 0.717) is 23.1 Å². The summed E-state index contributed by atoms with van der Waals surface area (Å²) in [6, 6.07) is 0. The lowest BCUT2D eigenvalue weighted by Crippen LogP contribution is -2.64. The number of ether oxygens (including phenoxy) is 1. The number of allylic oxidation sites excluding steroid dienone is 2. The topological polar surface area (TPSA) is 135 Å². The Morgan fingerprint density at radius 3 is 2.28 bits per heavy atom. The van der Waals surface area contributed by atoms with Gasteiger partial charge in [0.2, 0.25) is 0 Å². The van der Waals surface area contributed by atoms with Gasteiger partial charge in [-0.25, -0.2) is 0 Å². The van der Waals surface area contributed by atoms with Crippen molar-refractivity contribution in [3.05, 3.63) is 22.8 Å². The van der Waals surface area contributed by atoms with E-state index >= 15 is 0 Å². The van der Waals surface area contributed by atoms with E-state index in [1.807, 2.05) is 20.8 Å². The maximum absolute atomic E-state index is 14.1. The Bertz CT molecular complexity index is 1220. The zero-order valence-corrected chi connectivity index (χ0v) is 24.3. The summed E-state index contributed by atoms with van der Waals surface area (Å²) in [6.45, 7) is 12.4. The standard InChI is InChI=1S/C31H42O8/c1-15(11-17(32)12-16(2)27(38)39-8)18-13-22(35)31(7)23-19(33)14-20-28(3,4)21(34)9-10-29(20,5)24(23)25(36)26(37)30(18,31)6/h11,16,18-20,26,33,37H,9-10,12-14H2,1-8H3/b15-11+/t16-,18-,19+,20+,26-,29+,30+,31+/m1/s1. The fraction of sp³-hybridized carbons (Fsp3) is 0.710. The number of hydrogen-bond donors (Lipinski definition) is 2. The zero-order chi connectivity index (χ0) is 29.5. The van der Waals surface area contributed by atoms with Crippen molar-refractivity contribution in [2.45, 2.75) is 92.8 Å². The van der Waals surface area contributed by atoms with Crippen molar-refractivity contribution >= 4 is 29.1 Å². The summed E-state index contributed by atoms with van der Waals surface area (Å²) in [5, 5.41) is 23.3. The molecule has 0 amide bonds. The van der Waals surface area contributed by atoms with Gasteiger partial charge in [0.25, 0.3) is 0 Å². The molecule has 0 unspecified atom stereocenters. The molecule has 4 rings (SSSR count). The van der Waals surface area contributed by atoms with Crippen LogP contribution >= 0.6 is 0 Å². The number of carbonyl (C=O) groups is 5. The molecule has 0 aromatic heterocycles. The summed E-state index contributed by atoms with van der Waals surface area (Å²) in [6.07, 6.45) is -0.351. The number of ketones is 4. The Hall–Kier alpha value is -2.45. The molecule has 0 aromatic rings. The molecule has 4 aliphatic rings. The summed E-state index contributed by atoms with van der Waals surface area (Å²) < 4.78 is 4.71. The van der Waals surface area contributed by atoms with Crippen LogP contribution in [-0.2, 0) is 28.7 Å². The molecular formula is C31H42O8. The minimum Gasteiger partial charge on any atom is -0.469 e. The summed E-state index contributed by atoms with van der Waals surface area (Å²) in [7, 11) is 1.26. The predicted octanol–water partition coefficient (Wildman–Crippen LogP) is 3.32. The lowest BCUT2D eigenvalue weighted by Gasteiger charge is -2.61. The molecule has 0 bridgehead atoms. The van der Waals surface area contributed by atoms with Crippen LogP contribution in [-0.4, -0.2) is 58.6 Å². The second-order valence-electron chi connectivity index (χ2n) is 13.5. The number of fused-ring (bicyclic) bond motifs is 4. The summed E-state index contributed by atoms with van der Waals surface area (Å²) in [4.78, 5) is 65.5. The molecule has 8 atom stereocenters. The number of Topliss-reactive ketones (excluding diaryl/α,β-unsaturated/α-hetero) is 3. The van der Waals surface area contributed by atoms with Crippen molar-refractivity contribution in [2.24, 2.45) is 39.4 Å². The van der Waals surface area contributed by atoms with Crippen molar-refractivity contribution in [2.75, 3.05) is 7.11 Å². The van der Waals surface area contributed by atoms with Crippen LogP contribution in [0.5, 0.6) is 0 Å². The first-order chi connectivity index (χ1) is 17.9. The highest BCUT2D eigenvalue weighted by Gasteiger charge is 2.73. The van der Waals surface area contributed by atoms with E-state index in [1.54, 1.807) is 27.7 Å². The highest BCUT2D eigenvalue weighted by molar-refractivity contribution is 6.08. The van der Waals surface area contributed by atoms with Gasteiger partial charge in [-0.1, -0.05) is 40.2 Å². The van der Waals surface area contributed by atoms with Gasteiger partial charge in [-0.3, -0.25) is 24.0 Å². The van der Waals surface area contributed by atoms with Gasteiger partial charge in [0.05, 0.1) is 24.5 Å². The van der Waals surface area contributed by atoms with Crippen LogP contribution in [0, 0.1) is 39.4 Å². The Kier molecular flexibility index (Phi) is 7.04. The second-order valence-corrected chi connectivity index (χ2v) is 13.5. The average molecular weight is 543 g/mol. The van der Waals surface area contributed by atoms with Gasteiger partial charge >= 0.3 is 5.97 Å².